The van der Waals surface area contributed by atoms with Crippen molar-refractivity contribution in [3.05, 3.63) is 72.8 Å². The summed E-state index contributed by atoms with van der Waals surface area (Å²) in [5.74, 6) is -2.41. The number of carboxylic acid groups (broad SMARTS) is 3. The SMILES string of the molecule is CC(=O)[O-].CC(=O)[O-].CC(=O)[O-].COc1cccc(-c2cccc(-c3cccc(-c4cccc(OC)c4O)n3)n2)c1O.[Mn+3]. The van der Waals surface area contributed by atoms with Crippen molar-refractivity contribution in [3.63, 3.8) is 0 Å². The van der Waals surface area contributed by atoms with E-state index in [1.165, 1.54) is 14.2 Å². The van der Waals surface area contributed by atoms with Crippen LogP contribution in [0.15, 0.2) is 72.8 Å². The first kappa shape index (κ1) is 37.9. The first-order valence-electron chi connectivity index (χ1n) is 12.0. The second-order valence-electron chi connectivity index (χ2n) is 8.00. The van der Waals surface area contributed by atoms with Gasteiger partial charge in [-0.3, -0.25) is 0 Å². The number of rotatable bonds is 5. The third-order valence-electron chi connectivity index (χ3n) is 4.75. The summed E-state index contributed by atoms with van der Waals surface area (Å²) in [6, 6.07) is 21.6. The summed E-state index contributed by atoms with van der Waals surface area (Å²) in [7, 11) is 3.01. The van der Waals surface area contributed by atoms with Gasteiger partial charge in [-0.1, -0.05) is 24.3 Å². The number of pyridine rings is 2. The number of aromatic nitrogens is 2. The number of phenols is 2. The molecule has 43 heavy (non-hydrogen) atoms. The Bertz CT molecular complexity index is 1380. The van der Waals surface area contributed by atoms with E-state index in [0.717, 1.165) is 20.8 Å². The van der Waals surface area contributed by atoms with Gasteiger partial charge in [0.25, 0.3) is 0 Å². The van der Waals surface area contributed by atoms with Gasteiger partial charge in [0.2, 0.25) is 0 Å². The van der Waals surface area contributed by atoms with Crippen LogP contribution in [0.1, 0.15) is 20.8 Å². The third kappa shape index (κ3) is 12.9. The van der Waals surface area contributed by atoms with E-state index in [1.54, 1.807) is 36.4 Å². The fraction of sp³-hybridized carbons (Fsp3) is 0.167. The van der Waals surface area contributed by atoms with E-state index >= 15 is 0 Å². The Morgan fingerprint density at radius 1 is 0.558 bits per heavy atom. The summed E-state index contributed by atoms with van der Waals surface area (Å²) >= 11 is 0. The molecule has 0 atom stereocenters. The number of hydrogen-bond donors (Lipinski definition) is 2. The Labute approximate surface area is 258 Å². The van der Waals surface area contributed by atoms with Crippen LogP contribution in [-0.4, -0.2) is 52.3 Å². The maximum absolute atomic E-state index is 10.5. The second-order valence-corrected chi connectivity index (χ2v) is 8.00. The third-order valence-corrected chi connectivity index (χ3v) is 4.75. The number of methoxy groups -OCH3 is 2. The molecule has 2 aromatic carbocycles. The van der Waals surface area contributed by atoms with Gasteiger partial charge in [-0.05, 0) is 69.3 Å². The van der Waals surface area contributed by atoms with Crippen LogP contribution in [0, 0.1) is 0 Å². The van der Waals surface area contributed by atoms with E-state index < -0.39 is 17.9 Å². The monoisotopic (exact) mass is 632 g/mol. The van der Waals surface area contributed by atoms with Gasteiger partial charge in [-0.2, -0.15) is 0 Å². The second kappa shape index (κ2) is 19.1. The summed E-state index contributed by atoms with van der Waals surface area (Å²) in [5, 5.41) is 47.6. The summed E-state index contributed by atoms with van der Waals surface area (Å²) in [5.41, 5.74) is 3.61. The Kier molecular flexibility index (Phi) is 16.8. The van der Waals surface area contributed by atoms with E-state index in [-0.39, 0.29) is 28.6 Å². The molecule has 226 valence electrons. The molecule has 2 heterocycles. The molecular formula is C30H29MnN2O10. The number of nitrogens with zero attached hydrogens (tertiary/aromatic N) is 2. The van der Waals surface area contributed by atoms with Crippen molar-refractivity contribution in [2.24, 2.45) is 0 Å². The van der Waals surface area contributed by atoms with E-state index in [9.17, 15) is 10.2 Å². The van der Waals surface area contributed by atoms with Crippen LogP contribution in [0.5, 0.6) is 23.0 Å². The number of benzene rings is 2. The first-order valence-corrected chi connectivity index (χ1v) is 12.0. The normalized spacial score (nSPS) is 9.14. The van der Waals surface area contributed by atoms with Crippen LogP contribution >= 0.6 is 0 Å². The van der Waals surface area contributed by atoms with E-state index in [2.05, 4.69) is 9.97 Å². The minimum atomic E-state index is -1.08. The molecule has 0 aliphatic heterocycles. The molecule has 2 aromatic heterocycles. The molecular weight excluding hydrogens is 603 g/mol. The molecule has 0 amide bonds. The zero-order valence-corrected chi connectivity index (χ0v) is 25.0. The molecule has 0 aliphatic rings. The number of carboxylic acids is 3. The molecule has 0 fully saturated rings. The predicted octanol–water partition coefficient (Wildman–Crippen LogP) is 1.17. The van der Waals surface area contributed by atoms with Crippen molar-refractivity contribution in [2.75, 3.05) is 14.2 Å². The first-order chi connectivity index (χ1) is 19.8. The topological polar surface area (TPSA) is 205 Å². The van der Waals surface area contributed by atoms with Gasteiger partial charge >= 0.3 is 17.1 Å². The number of ether oxygens (including phenoxy) is 2. The minimum Gasteiger partial charge on any atom is -0.550 e. The van der Waals surface area contributed by atoms with Gasteiger partial charge in [0, 0.05) is 29.0 Å². The average molecular weight is 633 g/mol. The van der Waals surface area contributed by atoms with Crippen molar-refractivity contribution in [1.82, 2.24) is 9.97 Å². The van der Waals surface area contributed by atoms with Crippen LogP contribution in [0.4, 0.5) is 0 Å². The van der Waals surface area contributed by atoms with E-state index in [4.69, 9.17) is 39.2 Å². The Morgan fingerprint density at radius 2 is 0.814 bits per heavy atom. The number of phenolic OH excluding ortho intramolecular Hbond substituents is 2. The maximum atomic E-state index is 10.5. The van der Waals surface area contributed by atoms with Crippen molar-refractivity contribution >= 4 is 17.9 Å². The Balaban J connectivity index is 0.00000116. The number of aliphatic carboxylic acids is 3. The quantitative estimate of drug-likeness (QED) is 0.298. The summed E-state index contributed by atoms with van der Waals surface area (Å²) in [4.78, 5) is 36.0. The largest absolute Gasteiger partial charge is 3.00 e. The standard InChI is InChI=1S/C24H20N2O4.3C2H4O2.Mn/c1-29-21-13-3-7-15(23(21)27)17-9-5-11-19(25-17)20-12-6-10-18(26-20)16-8-4-14-22(30-2)24(16)28;3*1-2(3)4;/h3-14,27-28H,1-2H3;3*1H3,(H,3,4);/q;;;;+3/p-3. The van der Waals surface area contributed by atoms with Crippen molar-refractivity contribution in [3.8, 4) is 56.9 Å². The fourth-order valence-electron chi connectivity index (χ4n) is 3.24. The number of hydrogen-bond acceptors (Lipinski definition) is 12. The maximum Gasteiger partial charge on any atom is 3.00 e. The molecule has 2 N–H and O–H groups in total. The molecule has 12 nitrogen and oxygen atoms in total. The van der Waals surface area contributed by atoms with Crippen LogP contribution in [0.2, 0.25) is 0 Å². The fourth-order valence-corrected chi connectivity index (χ4v) is 3.24. The molecule has 4 aromatic rings. The number of para-hydroxylation sites is 2. The van der Waals surface area contributed by atoms with Gasteiger partial charge in [0.15, 0.2) is 23.0 Å². The van der Waals surface area contributed by atoms with E-state index in [1.807, 2.05) is 36.4 Å². The summed E-state index contributed by atoms with van der Waals surface area (Å²) in [6.45, 7) is 2.92. The summed E-state index contributed by atoms with van der Waals surface area (Å²) < 4.78 is 10.4. The van der Waals surface area contributed by atoms with Gasteiger partial charge in [0.05, 0.1) is 37.0 Å². The molecule has 13 heteroatoms. The van der Waals surface area contributed by atoms with Crippen LogP contribution < -0.4 is 24.8 Å². The molecule has 0 unspecified atom stereocenters. The van der Waals surface area contributed by atoms with Crippen LogP contribution in [0.25, 0.3) is 33.9 Å². The van der Waals surface area contributed by atoms with Gasteiger partial charge in [-0.15, -0.1) is 0 Å². The number of aromatic hydroxyl groups is 2. The van der Waals surface area contributed by atoms with Crippen LogP contribution in [-0.2, 0) is 31.5 Å². The summed E-state index contributed by atoms with van der Waals surface area (Å²) in [6.07, 6.45) is 0. The minimum absolute atomic E-state index is 0. The van der Waals surface area contributed by atoms with Crippen molar-refractivity contribution < 1.29 is 66.5 Å². The predicted molar refractivity (Wildman–Crippen MR) is 147 cm³/mol. The van der Waals surface area contributed by atoms with Crippen molar-refractivity contribution in [2.45, 2.75) is 20.8 Å². The zero-order valence-electron chi connectivity index (χ0n) is 23.9. The van der Waals surface area contributed by atoms with Crippen LogP contribution in [0.3, 0.4) is 0 Å². The molecule has 0 bridgehead atoms. The Morgan fingerprint density at radius 3 is 1.09 bits per heavy atom. The molecule has 0 saturated heterocycles. The molecule has 4 rings (SSSR count). The Hall–Kier alpha value is -5.13. The smallest absolute Gasteiger partial charge is 0.550 e. The number of carbonyl (C=O) groups excluding carboxylic acids is 3. The average Bonchev–Trinajstić information content (AvgIpc) is 2.92. The number of carbonyl (C=O) groups is 3. The van der Waals surface area contributed by atoms with E-state index in [0.29, 0.717) is 45.4 Å². The zero-order chi connectivity index (χ0) is 31.8. The molecule has 0 aliphatic carbocycles. The van der Waals surface area contributed by atoms with Gasteiger partial charge in [0.1, 0.15) is 0 Å². The molecule has 0 spiro atoms. The molecule has 0 radical (unpaired) electrons. The molecule has 0 saturated carbocycles. The van der Waals surface area contributed by atoms with Gasteiger partial charge < -0.3 is 49.4 Å². The van der Waals surface area contributed by atoms with Gasteiger partial charge in [-0.25, -0.2) is 9.97 Å². The van der Waals surface area contributed by atoms with Crippen molar-refractivity contribution in [1.29, 1.82) is 0 Å².